The average Bonchev–Trinajstić information content (AvgIpc) is 2.95. The normalized spacial score (nSPS) is 33.9. The number of amides is 1. The van der Waals surface area contributed by atoms with Crippen molar-refractivity contribution in [3.05, 3.63) is 0 Å². The number of hydrogen-bond acceptors (Lipinski definition) is 2. The minimum absolute atomic E-state index is 0.0647. The summed E-state index contributed by atoms with van der Waals surface area (Å²) in [7, 11) is 1.87. The topological polar surface area (TPSA) is 57.6 Å². The first-order valence-electron chi connectivity index (χ1n) is 8.04. The zero-order valence-corrected chi connectivity index (χ0v) is 12.7. The summed E-state index contributed by atoms with van der Waals surface area (Å²) in [4.78, 5) is 25.7. The van der Waals surface area contributed by atoms with Crippen LogP contribution in [0.5, 0.6) is 0 Å². The molecule has 0 unspecified atom stereocenters. The van der Waals surface area contributed by atoms with Gasteiger partial charge in [0.1, 0.15) is 0 Å². The average molecular weight is 281 g/mol. The van der Waals surface area contributed by atoms with E-state index in [-0.39, 0.29) is 11.8 Å². The van der Waals surface area contributed by atoms with Crippen molar-refractivity contribution in [1.82, 2.24) is 4.90 Å². The van der Waals surface area contributed by atoms with Crippen molar-refractivity contribution in [3.8, 4) is 0 Å². The van der Waals surface area contributed by atoms with E-state index in [1.165, 1.54) is 19.3 Å². The molecule has 0 aromatic heterocycles. The van der Waals surface area contributed by atoms with Crippen molar-refractivity contribution in [3.63, 3.8) is 0 Å². The number of carboxylic acid groups (broad SMARTS) is 1. The minimum atomic E-state index is -0.802. The Bertz CT molecular complexity index is 361. The molecule has 0 aromatic carbocycles. The Labute approximate surface area is 121 Å². The van der Waals surface area contributed by atoms with Crippen LogP contribution in [0.25, 0.3) is 0 Å². The van der Waals surface area contributed by atoms with E-state index in [2.05, 4.69) is 6.92 Å². The molecule has 0 radical (unpaired) electrons. The molecule has 0 aliphatic heterocycles. The molecule has 114 valence electrons. The molecule has 0 spiro atoms. The van der Waals surface area contributed by atoms with Crippen LogP contribution in [0.4, 0.5) is 0 Å². The Morgan fingerprint density at radius 1 is 1.05 bits per heavy atom. The van der Waals surface area contributed by atoms with Gasteiger partial charge in [0.2, 0.25) is 5.91 Å². The van der Waals surface area contributed by atoms with Crippen LogP contribution in [0.3, 0.4) is 0 Å². The zero-order valence-electron chi connectivity index (χ0n) is 12.7. The fraction of sp³-hybridized carbons (Fsp3) is 0.875. The number of rotatable bonds is 4. The number of carbonyl (C=O) groups excluding carboxylic acids is 1. The molecule has 2 aliphatic rings. The van der Waals surface area contributed by atoms with Gasteiger partial charge in [0.15, 0.2) is 0 Å². The summed E-state index contributed by atoms with van der Waals surface area (Å²) in [6, 6.07) is 0.320. The van der Waals surface area contributed by atoms with Gasteiger partial charge in [-0.25, -0.2) is 0 Å². The highest BCUT2D eigenvalue weighted by Crippen LogP contribution is 2.35. The minimum Gasteiger partial charge on any atom is -0.481 e. The second-order valence-corrected chi connectivity index (χ2v) is 6.51. The van der Waals surface area contributed by atoms with Crippen molar-refractivity contribution in [2.75, 3.05) is 7.05 Å². The maximum atomic E-state index is 12.6. The second kappa shape index (κ2) is 6.59. The number of nitrogens with zero attached hydrogens (tertiary/aromatic N) is 1. The summed E-state index contributed by atoms with van der Waals surface area (Å²) in [5.41, 5.74) is 0. The maximum absolute atomic E-state index is 12.6. The highest BCUT2D eigenvalue weighted by atomic mass is 16.4. The Kier molecular flexibility index (Phi) is 5.06. The molecule has 0 saturated heterocycles. The molecule has 0 bridgehead atoms. The molecule has 0 heterocycles. The van der Waals surface area contributed by atoms with Gasteiger partial charge in [0.25, 0.3) is 0 Å². The molecule has 2 rings (SSSR count). The Hall–Kier alpha value is -1.06. The van der Waals surface area contributed by atoms with Crippen molar-refractivity contribution in [2.45, 2.75) is 64.3 Å². The molecule has 2 fully saturated rings. The lowest BCUT2D eigenvalue weighted by Gasteiger charge is -2.36. The largest absolute Gasteiger partial charge is 0.481 e. The predicted octanol–water partition coefficient (Wildman–Crippen LogP) is 2.91. The molecule has 4 nitrogen and oxygen atoms in total. The summed E-state index contributed by atoms with van der Waals surface area (Å²) in [6.07, 6.45) is 8.04. The molecule has 20 heavy (non-hydrogen) atoms. The van der Waals surface area contributed by atoms with Gasteiger partial charge in [-0.3, -0.25) is 9.59 Å². The number of carboxylic acids is 1. The third kappa shape index (κ3) is 3.15. The van der Waals surface area contributed by atoms with E-state index in [4.69, 9.17) is 0 Å². The van der Waals surface area contributed by atoms with Crippen LogP contribution in [0.1, 0.15) is 58.3 Å². The van der Waals surface area contributed by atoms with Gasteiger partial charge in [-0.2, -0.15) is 0 Å². The third-order valence-corrected chi connectivity index (χ3v) is 5.44. The van der Waals surface area contributed by atoms with E-state index in [0.717, 1.165) is 31.6 Å². The molecule has 0 aromatic rings. The first-order chi connectivity index (χ1) is 9.54. The highest BCUT2D eigenvalue weighted by Gasteiger charge is 2.40. The van der Waals surface area contributed by atoms with Gasteiger partial charge >= 0.3 is 5.97 Å². The molecule has 1 N–H and O–H groups in total. The van der Waals surface area contributed by atoms with Gasteiger partial charge in [0.05, 0.1) is 11.8 Å². The molecule has 2 atom stereocenters. The van der Waals surface area contributed by atoms with Gasteiger partial charge < -0.3 is 10.0 Å². The van der Waals surface area contributed by atoms with Crippen LogP contribution in [-0.4, -0.2) is 35.0 Å². The Morgan fingerprint density at radius 3 is 2.20 bits per heavy atom. The molecule has 2 saturated carbocycles. The third-order valence-electron chi connectivity index (χ3n) is 5.44. The maximum Gasteiger partial charge on any atom is 0.307 e. The first-order valence-corrected chi connectivity index (χ1v) is 8.04. The fourth-order valence-corrected chi connectivity index (χ4v) is 3.93. The first kappa shape index (κ1) is 15.3. The molecule has 2 aliphatic carbocycles. The van der Waals surface area contributed by atoms with Crippen molar-refractivity contribution < 1.29 is 14.7 Å². The molecular formula is C16H27NO3. The number of hydrogen-bond donors (Lipinski definition) is 1. The lowest BCUT2D eigenvalue weighted by atomic mass is 9.83. The van der Waals surface area contributed by atoms with E-state index in [0.29, 0.717) is 12.5 Å². The quantitative estimate of drug-likeness (QED) is 0.862. The molecule has 4 heteroatoms. The van der Waals surface area contributed by atoms with Crippen LogP contribution in [-0.2, 0) is 9.59 Å². The van der Waals surface area contributed by atoms with E-state index < -0.39 is 11.9 Å². The van der Waals surface area contributed by atoms with Crippen molar-refractivity contribution >= 4 is 11.9 Å². The molecule has 1 amide bonds. The zero-order chi connectivity index (χ0) is 14.7. The lowest BCUT2D eigenvalue weighted by molar-refractivity contribution is -0.149. The monoisotopic (exact) mass is 281 g/mol. The van der Waals surface area contributed by atoms with Crippen molar-refractivity contribution in [2.24, 2.45) is 17.8 Å². The van der Waals surface area contributed by atoms with Crippen LogP contribution in [0, 0.1) is 17.8 Å². The fourth-order valence-electron chi connectivity index (χ4n) is 3.93. The lowest BCUT2D eigenvalue weighted by Crippen LogP contribution is -2.44. The Morgan fingerprint density at radius 2 is 1.65 bits per heavy atom. The Balaban J connectivity index is 1.93. The van der Waals surface area contributed by atoms with Crippen LogP contribution in [0.15, 0.2) is 0 Å². The summed E-state index contributed by atoms with van der Waals surface area (Å²) in [6.45, 7) is 2.23. The van der Waals surface area contributed by atoms with Crippen molar-refractivity contribution in [1.29, 1.82) is 0 Å². The van der Waals surface area contributed by atoms with Crippen LogP contribution >= 0.6 is 0 Å². The van der Waals surface area contributed by atoms with Gasteiger partial charge in [0, 0.05) is 13.1 Å². The van der Waals surface area contributed by atoms with Crippen LogP contribution < -0.4 is 0 Å². The standard InChI is InChI=1S/C16H27NO3/c1-3-11-7-9-12(10-8-11)17(2)15(18)13-5-4-6-14(13)16(19)20/h11-14H,3-10H2,1-2H3,(H,19,20)/t11?,12?,13-,14+/m1/s1. The van der Waals surface area contributed by atoms with Gasteiger partial charge in [-0.1, -0.05) is 19.8 Å². The summed E-state index contributed by atoms with van der Waals surface area (Å²) >= 11 is 0. The number of carbonyl (C=O) groups is 2. The van der Waals surface area contributed by atoms with E-state index in [9.17, 15) is 14.7 Å². The van der Waals surface area contributed by atoms with E-state index >= 15 is 0 Å². The SMILES string of the molecule is CCC1CCC(N(C)C(=O)[C@@H]2CCC[C@@H]2C(=O)O)CC1. The summed E-state index contributed by atoms with van der Waals surface area (Å²) in [5, 5.41) is 9.22. The predicted molar refractivity (Wildman–Crippen MR) is 77.3 cm³/mol. The van der Waals surface area contributed by atoms with Gasteiger partial charge in [-0.15, -0.1) is 0 Å². The second-order valence-electron chi connectivity index (χ2n) is 6.51. The van der Waals surface area contributed by atoms with Crippen LogP contribution in [0.2, 0.25) is 0 Å². The highest BCUT2D eigenvalue weighted by molar-refractivity contribution is 5.85. The summed E-state index contributed by atoms with van der Waals surface area (Å²) in [5.74, 6) is -0.676. The molecular weight excluding hydrogens is 254 g/mol. The smallest absolute Gasteiger partial charge is 0.307 e. The summed E-state index contributed by atoms with van der Waals surface area (Å²) < 4.78 is 0. The van der Waals surface area contributed by atoms with E-state index in [1.807, 2.05) is 11.9 Å². The van der Waals surface area contributed by atoms with E-state index in [1.54, 1.807) is 0 Å². The van der Waals surface area contributed by atoms with Gasteiger partial charge in [-0.05, 0) is 44.4 Å². The number of aliphatic carboxylic acids is 1.